The zero-order valence-electron chi connectivity index (χ0n) is 9.97. The quantitative estimate of drug-likeness (QED) is 0.662. The van der Waals surface area contributed by atoms with E-state index in [0.717, 1.165) is 19.6 Å². The Balaban J connectivity index is 1.97. The molecule has 0 radical (unpaired) electrons. The largest absolute Gasteiger partial charge is 0.294 e. The minimum absolute atomic E-state index is 0.110. The fourth-order valence-corrected chi connectivity index (χ4v) is 3.51. The molecule has 0 saturated carbocycles. The van der Waals surface area contributed by atoms with Gasteiger partial charge in [-0.1, -0.05) is 18.2 Å². The van der Waals surface area contributed by atoms with Gasteiger partial charge in [0.15, 0.2) is 5.78 Å². The molecule has 4 heteroatoms. The molecule has 0 aliphatic carbocycles. The molecule has 0 N–H and O–H groups in total. The maximum Gasteiger partial charge on any atom is 0.170 e. The molecule has 3 rings (SSSR count). The molecule has 19 heavy (non-hydrogen) atoms. The number of aromatic nitrogens is 1. The fourth-order valence-electron chi connectivity index (χ4n) is 2.03. The maximum absolute atomic E-state index is 12.4. The number of para-hydroxylation sites is 1. The lowest BCUT2D eigenvalue weighted by atomic mass is 10.0. The zero-order chi connectivity index (χ0) is 13.2. The van der Waals surface area contributed by atoms with Gasteiger partial charge < -0.3 is 0 Å². The van der Waals surface area contributed by atoms with Gasteiger partial charge in [0.25, 0.3) is 0 Å². The average Bonchev–Trinajstić information content (AvgIpc) is 2.83. The van der Waals surface area contributed by atoms with Crippen LogP contribution < -0.4 is 0 Å². The summed E-state index contributed by atoms with van der Waals surface area (Å²) >= 11 is 5.00. The molecule has 2 nitrogen and oxygen atoms in total. The van der Waals surface area contributed by atoms with E-state index in [-0.39, 0.29) is 5.78 Å². The summed E-state index contributed by atoms with van der Waals surface area (Å²) in [6, 6.07) is 13.5. The van der Waals surface area contributed by atoms with Crippen LogP contribution in [0.4, 0.5) is 0 Å². The van der Waals surface area contributed by atoms with E-state index < -0.39 is 0 Å². The molecule has 0 unspecified atom stereocenters. The van der Waals surface area contributed by atoms with Gasteiger partial charge in [-0.2, -0.15) is 0 Å². The molecule has 2 heterocycles. The number of benzene rings is 1. The van der Waals surface area contributed by atoms with E-state index in [1.807, 2.05) is 42.5 Å². The Labute approximate surface area is 123 Å². The van der Waals surface area contributed by atoms with Crippen LogP contribution in [-0.2, 0) is 6.42 Å². The van der Waals surface area contributed by atoms with Gasteiger partial charge in [-0.25, -0.2) is 0 Å². The molecule has 0 saturated heterocycles. The van der Waals surface area contributed by atoms with Crippen LogP contribution in [0.1, 0.15) is 15.2 Å². The van der Waals surface area contributed by atoms with Gasteiger partial charge in [0.1, 0.15) is 0 Å². The van der Waals surface area contributed by atoms with Crippen molar-refractivity contribution in [1.82, 2.24) is 4.98 Å². The number of pyridine rings is 1. The first-order valence-corrected chi connectivity index (χ1v) is 7.46. The van der Waals surface area contributed by atoms with Crippen LogP contribution in [0.15, 0.2) is 52.4 Å². The van der Waals surface area contributed by atoms with Crippen molar-refractivity contribution in [3.8, 4) is 0 Å². The minimum atomic E-state index is 0.110. The molecule has 3 aromatic rings. The number of rotatable bonds is 3. The summed E-state index contributed by atoms with van der Waals surface area (Å²) in [4.78, 5) is 17.8. The molecule has 0 spiro atoms. The summed E-state index contributed by atoms with van der Waals surface area (Å²) < 4.78 is 1.05. The van der Waals surface area contributed by atoms with Crippen molar-refractivity contribution in [2.45, 2.75) is 6.42 Å². The second-order valence-corrected chi connectivity index (χ2v) is 6.73. The van der Waals surface area contributed by atoms with E-state index in [9.17, 15) is 4.79 Å². The van der Waals surface area contributed by atoms with Crippen molar-refractivity contribution in [1.29, 1.82) is 0 Å². The Kier molecular flexibility index (Phi) is 3.44. The monoisotopic (exact) mass is 331 g/mol. The number of carbonyl (C=O) groups excluding carboxylic acids is 1. The lowest BCUT2D eigenvalue weighted by Crippen LogP contribution is -2.03. The minimum Gasteiger partial charge on any atom is -0.294 e. The number of thiophene rings is 1. The third kappa shape index (κ3) is 2.60. The highest BCUT2D eigenvalue weighted by atomic mass is 79.9. The van der Waals surface area contributed by atoms with Crippen LogP contribution in [0.2, 0.25) is 0 Å². The van der Waals surface area contributed by atoms with Gasteiger partial charge in [-0.05, 0) is 40.2 Å². The Hall–Kier alpha value is -1.52. The second-order valence-electron chi connectivity index (χ2n) is 4.19. The SMILES string of the molecule is O=C(Cc1ccc(Br)s1)c1cccc2cccnc12. The molecule has 2 aromatic heterocycles. The van der Waals surface area contributed by atoms with E-state index >= 15 is 0 Å². The van der Waals surface area contributed by atoms with E-state index in [1.165, 1.54) is 0 Å². The normalized spacial score (nSPS) is 10.8. The highest BCUT2D eigenvalue weighted by molar-refractivity contribution is 9.11. The van der Waals surface area contributed by atoms with Gasteiger partial charge in [0.05, 0.1) is 9.30 Å². The van der Waals surface area contributed by atoms with E-state index in [4.69, 9.17) is 0 Å². The topological polar surface area (TPSA) is 30.0 Å². The third-order valence-corrected chi connectivity index (χ3v) is 4.52. The van der Waals surface area contributed by atoms with Crippen molar-refractivity contribution >= 4 is 44.0 Å². The Morgan fingerprint density at radius 2 is 2.00 bits per heavy atom. The number of hydrogen-bond acceptors (Lipinski definition) is 3. The van der Waals surface area contributed by atoms with Gasteiger partial charge >= 0.3 is 0 Å². The summed E-state index contributed by atoms with van der Waals surface area (Å²) in [5.74, 6) is 0.110. The second kappa shape index (κ2) is 5.23. The molecular weight excluding hydrogens is 322 g/mol. The van der Waals surface area contributed by atoms with Crippen LogP contribution in [-0.4, -0.2) is 10.8 Å². The molecule has 0 amide bonds. The van der Waals surface area contributed by atoms with Gasteiger partial charge in [-0.3, -0.25) is 9.78 Å². The van der Waals surface area contributed by atoms with Crippen LogP contribution in [0.3, 0.4) is 0 Å². The number of ketones is 1. The molecule has 0 bridgehead atoms. The predicted octanol–water partition coefficient (Wildman–Crippen LogP) is 4.48. The van der Waals surface area contributed by atoms with Crippen LogP contribution in [0.25, 0.3) is 10.9 Å². The summed E-state index contributed by atoms with van der Waals surface area (Å²) in [6.07, 6.45) is 2.15. The van der Waals surface area contributed by atoms with Crippen LogP contribution in [0.5, 0.6) is 0 Å². The molecular formula is C15H10BrNOS. The molecule has 0 aliphatic heterocycles. The van der Waals surface area contributed by atoms with E-state index in [2.05, 4.69) is 20.9 Å². The highest BCUT2D eigenvalue weighted by Crippen LogP contribution is 2.24. The molecule has 94 valence electrons. The Morgan fingerprint density at radius 3 is 2.79 bits per heavy atom. The first-order chi connectivity index (χ1) is 9.24. The van der Waals surface area contributed by atoms with Crippen molar-refractivity contribution in [3.63, 3.8) is 0 Å². The zero-order valence-corrected chi connectivity index (χ0v) is 12.4. The maximum atomic E-state index is 12.4. The Morgan fingerprint density at radius 1 is 1.16 bits per heavy atom. The first kappa shape index (κ1) is 12.5. The third-order valence-electron chi connectivity index (χ3n) is 2.90. The van der Waals surface area contributed by atoms with Crippen LogP contribution >= 0.6 is 27.3 Å². The van der Waals surface area contributed by atoms with E-state index in [1.54, 1.807) is 17.5 Å². The number of nitrogens with zero attached hydrogens (tertiary/aromatic N) is 1. The number of fused-ring (bicyclic) bond motifs is 1. The van der Waals surface area contributed by atoms with Gasteiger partial charge in [-0.15, -0.1) is 11.3 Å². The standard InChI is InChI=1S/C15H10BrNOS/c16-14-7-6-11(19-14)9-13(18)12-5-1-3-10-4-2-8-17-15(10)12/h1-8H,9H2. The summed E-state index contributed by atoms with van der Waals surface area (Å²) in [6.45, 7) is 0. The smallest absolute Gasteiger partial charge is 0.170 e. The van der Waals surface area contributed by atoms with Crippen molar-refractivity contribution < 1.29 is 4.79 Å². The average molecular weight is 332 g/mol. The number of Topliss-reactive ketones (excluding diaryl/α,β-unsaturated/α-hetero) is 1. The number of halogens is 1. The van der Waals surface area contributed by atoms with E-state index in [0.29, 0.717) is 12.0 Å². The van der Waals surface area contributed by atoms with Gasteiger partial charge in [0, 0.05) is 28.4 Å². The summed E-state index contributed by atoms with van der Waals surface area (Å²) in [7, 11) is 0. The highest BCUT2D eigenvalue weighted by Gasteiger charge is 2.12. The van der Waals surface area contributed by atoms with Gasteiger partial charge in [0.2, 0.25) is 0 Å². The van der Waals surface area contributed by atoms with Crippen molar-refractivity contribution in [2.24, 2.45) is 0 Å². The van der Waals surface area contributed by atoms with Crippen LogP contribution in [0, 0.1) is 0 Å². The molecule has 0 atom stereocenters. The van der Waals surface area contributed by atoms with Crippen molar-refractivity contribution in [3.05, 3.63) is 62.9 Å². The number of hydrogen-bond donors (Lipinski definition) is 0. The molecule has 0 aliphatic rings. The lowest BCUT2D eigenvalue weighted by molar-refractivity contribution is 0.0995. The van der Waals surface area contributed by atoms with Crippen molar-refractivity contribution in [2.75, 3.05) is 0 Å². The number of carbonyl (C=O) groups is 1. The molecule has 1 aromatic carbocycles. The lowest BCUT2D eigenvalue weighted by Gasteiger charge is -2.03. The molecule has 0 fully saturated rings. The first-order valence-electron chi connectivity index (χ1n) is 5.85. The summed E-state index contributed by atoms with van der Waals surface area (Å²) in [5.41, 5.74) is 1.48. The Bertz CT molecular complexity index is 745. The predicted molar refractivity (Wildman–Crippen MR) is 81.8 cm³/mol. The fraction of sp³-hybridized carbons (Fsp3) is 0.0667. The summed E-state index contributed by atoms with van der Waals surface area (Å²) in [5, 5.41) is 1.00.